The first-order chi connectivity index (χ1) is 6.99. The van der Waals surface area contributed by atoms with Gasteiger partial charge in [0.05, 0.1) is 11.1 Å². The lowest BCUT2D eigenvalue weighted by Crippen LogP contribution is -2.02. The van der Waals surface area contributed by atoms with Gasteiger partial charge in [-0.25, -0.2) is 8.78 Å². The molecule has 0 aliphatic carbocycles. The van der Waals surface area contributed by atoms with Gasteiger partial charge in [-0.2, -0.15) is 5.26 Å². The highest BCUT2D eigenvalue weighted by Gasteiger charge is 2.25. The van der Waals surface area contributed by atoms with Crippen LogP contribution in [0.1, 0.15) is 17.6 Å². The Hall–Kier alpha value is -1.37. The lowest BCUT2D eigenvalue weighted by Gasteiger charge is -2.02. The second-order valence-corrected chi connectivity index (χ2v) is 3.47. The average molecular weight is 325 g/mol. The number of nitrogens with zero attached hydrogens (tertiary/aromatic N) is 3. The van der Waals surface area contributed by atoms with E-state index in [1.165, 1.54) is 28.7 Å². The number of pyridine rings is 1. The summed E-state index contributed by atoms with van der Waals surface area (Å²) in [5.41, 5.74) is -0.986. The van der Waals surface area contributed by atoms with Crippen molar-refractivity contribution in [2.24, 2.45) is 0 Å². The second-order valence-electron chi connectivity index (χ2n) is 2.40. The topological polar surface area (TPSA) is 79.8 Å². The van der Waals surface area contributed by atoms with Gasteiger partial charge in [0, 0.05) is 0 Å². The molecule has 0 atom stereocenters. The fourth-order valence-corrected chi connectivity index (χ4v) is 1.67. The maximum Gasteiger partial charge on any atom is 0.378 e. The van der Waals surface area contributed by atoms with Gasteiger partial charge in [0.25, 0.3) is 6.43 Å². The highest BCUT2D eigenvalue weighted by atomic mass is 127. The maximum absolute atomic E-state index is 12.4. The van der Waals surface area contributed by atoms with Crippen LogP contribution in [0, 0.1) is 25.0 Å². The van der Waals surface area contributed by atoms with Crippen LogP contribution in [0.3, 0.4) is 0 Å². The SMILES string of the molecule is N#Cc1c(C(F)F)cnc([N+](=O)[O-])c1I. The summed E-state index contributed by atoms with van der Waals surface area (Å²) in [7, 11) is 0. The van der Waals surface area contributed by atoms with E-state index in [4.69, 9.17) is 5.26 Å². The van der Waals surface area contributed by atoms with Crippen molar-refractivity contribution in [1.82, 2.24) is 4.98 Å². The number of alkyl halides is 2. The van der Waals surface area contributed by atoms with Gasteiger partial charge >= 0.3 is 5.82 Å². The molecule has 0 aromatic carbocycles. The molecule has 1 rings (SSSR count). The predicted octanol–water partition coefficient (Wildman–Crippen LogP) is 2.40. The Balaban J connectivity index is 3.48. The molecule has 0 unspecified atom stereocenters. The first kappa shape index (κ1) is 11.7. The smallest absolute Gasteiger partial charge is 0.358 e. The number of hydrogen-bond acceptors (Lipinski definition) is 4. The average Bonchev–Trinajstić information content (AvgIpc) is 2.16. The maximum atomic E-state index is 12.4. The fraction of sp³-hybridized carbons (Fsp3) is 0.143. The van der Waals surface area contributed by atoms with Crippen molar-refractivity contribution < 1.29 is 13.7 Å². The molecule has 0 amide bonds. The Labute approximate surface area is 96.0 Å². The Morgan fingerprint density at radius 2 is 2.27 bits per heavy atom. The van der Waals surface area contributed by atoms with Crippen LogP contribution in [-0.2, 0) is 0 Å². The minimum Gasteiger partial charge on any atom is -0.358 e. The van der Waals surface area contributed by atoms with E-state index in [1.54, 1.807) is 0 Å². The molecule has 0 spiro atoms. The van der Waals surface area contributed by atoms with Gasteiger partial charge in [-0.05, 0) is 32.5 Å². The summed E-state index contributed by atoms with van der Waals surface area (Å²) in [4.78, 5) is 12.9. The molecule has 0 saturated heterocycles. The molecule has 0 fully saturated rings. The van der Waals surface area contributed by atoms with E-state index in [2.05, 4.69) is 4.98 Å². The minimum atomic E-state index is -2.87. The summed E-state index contributed by atoms with van der Waals surface area (Å²) < 4.78 is 24.6. The quantitative estimate of drug-likeness (QED) is 0.475. The summed E-state index contributed by atoms with van der Waals surface area (Å²) in [5, 5.41) is 19.0. The van der Waals surface area contributed by atoms with Crippen molar-refractivity contribution in [2.45, 2.75) is 6.43 Å². The van der Waals surface area contributed by atoms with Crippen LogP contribution >= 0.6 is 22.6 Å². The molecule has 0 radical (unpaired) electrons. The van der Waals surface area contributed by atoms with E-state index in [9.17, 15) is 18.9 Å². The third kappa shape index (κ3) is 2.17. The van der Waals surface area contributed by atoms with Crippen LogP contribution < -0.4 is 0 Å². The third-order valence-electron chi connectivity index (χ3n) is 1.55. The summed E-state index contributed by atoms with van der Waals surface area (Å²) in [6.07, 6.45) is -2.22. The third-order valence-corrected chi connectivity index (χ3v) is 2.57. The largest absolute Gasteiger partial charge is 0.378 e. The zero-order chi connectivity index (χ0) is 11.6. The summed E-state index contributed by atoms with van der Waals surface area (Å²) >= 11 is 1.46. The summed E-state index contributed by atoms with van der Waals surface area (Å²) in [6.45, 7) is 0. The Bertz CT molecular complexity index is 458. The zero-order valence-corrected chi connectivity index (χ0v) is 9.10. The Kier molecular flexibility index (Phi) is 3.46. The minimum absolute atomic E-state index is 0.169. The van der Waals surface area contributed by atoms with E-state index < -0.39 is 28.3 Å². The molecule has 1 aromatic heterocycles. The van der Waals surface area contributed by atoms with Crippen LogP contribution in [0.25, 0.3) is 0 Å². The van der Waals surface area contributed by atoms with Crippen molar-refractivity contribution >= 4 is 28.4 Å². The number of rotatable bonds is 2. The molecule has 0 N–H and O–H groups in total. The van der Waals surface area contributed by atoms with Crippen molar-refractivity contribution in [2.75, 3.05) is 0 Å². The molecule has 0 saturated carbocycles. The normalized spacial score (nSPS) is 10.1. The van der Waals surface area contributed by atoms with Crippen LogP contribution in [0.2, 0.25) is 0 Å². The molecule has 0 bridgehead atoms. The first-order valence-corrected chi connectivity index (χ1v) is 4.58. The molecular weight excluding hydrogens is 323 g/mol. The van der Waals surface area contributed by atoms with Gasteiger partial charge in [0.1, 0.15) is 9.64 Å². The molecule has 8 heteroatoms. The predicted molar refractivity (Wildman–Crippen MR) is 53.3 cm³/mol. The van der Waals surface area contributed by atoms with Crippen LogP contribution in [-0.4, -0.2) is 9.91 Å². The van der Waals surface area contributed by atoms with Crippen molar-refractivity contribution in [3.8, 4) is 6.07 Å². The lowest BCUT2D eigenvalue weighted by atomic mass is 10.1. The Morgan fingerprint density at radius 1 is 1.67 bits per heavy atom. The molecular formula is C7H2F2IN3O2. The van der Waals surface area contributed by atoms with Crippen molar-refractivity contribution in [3.63, 3.8) is 0 Å². The molecule has 0 aliphatic rings. The standard InChI is InChI=1S/C7H2F2IN3O2/c8-6(9)4-2-12-7(13(14)15)5(10)3(4)1-11/h2,6H. The molecule has 78 valence electrons. The second kappa shape index (κ2) is 4.43. The van der Waals surface area contributed by atoms with Crippen LogP contribution in [0.5, 0.6) is 0 Å². The van der Waals surface area contributed by atoms with Crippen LogP contribution in [0.4, 0.5) is 14.6 Å². The number of halogens is 3. The van der Waals surface area contributed by atoms with E-state index in [1.807, 2.05) is 0 Å². The monoisotopic (exact) mass is 325 g/mol. The van der Waals surface area contributed by atoms with Crippen molar-refractivity contribution in [1.29, 1.82) is 5.26 Å². The van der Waals surface area contributed by atoms with Gasteiger partial charge < -0.3 is 10.1 Å². The van der Waals surface area contributed by atoms with Crippen molar-refractivity contribution in [3.05, 3.63) is 31.0 Å². The van der Waals surface area contributed by atoms with E-state index in [0.29, 0.717) is 6.20 Å². The van der Waals surface area contributed by atoms with Crippen LogP contribution in [0.15, 0.2) is 6.20 Å². The molecule has 15 heavy (non-hydrogen) atoms. The highest BCUT2D eigenvalue weighted by molar-refractivity contribution is 14.1. The zero-order valence-electron chi connectivity index (χ0n) is 6.95. The van der Waals surface area contributed by atoms with E-state index in [0.717, 1.165) is 0 Å². The number of hydrogen-bond donors (Lipinski definition) is 0. The molecule has 0 aliphatic heterocycles. The number of nitriles is 1. The van der Waals surface area contributed by atoms with Gasteiger partial charge in [-0.15, -0.1) is 0 Å². The van der Waals surface area contributed by atoms with Gasteiger partial charge in [-0.1, -0.05) is 0 Å². The summed E-state index contributed by atoms with van der Waals surface area (Å²) in [5.74, 6) is -0.587. The molecule has 1 aromatic rings. The lowest BCUT2D eigenvalue weighted by molar-refractivity contribution is -0.390. The highest BCUT2D eigenvalue weighted by Crippen LogP contribution is 2.29. The van der Waals surface area contributed by atoms with Gasteiger partial charge in [-0.3, -0.25) is 0 Å². The van der Waals surface area contributed by atoms with Gasteiger partial charge in [0.2, 0.25) is 0 Å². The van der Waals surface area contributed by atoms with E-state index >= 15 is 0 Å². The Morgan fingerprint density at radius 3 is 2.67 bits per heavy atom. The number of aromatic nitrogens is 1. The summed E-state index contributed by atoms with van der Waals surface area (Å²) in [6, 6.07) is 1.51. The van der Waals surface area contributed by atoms with Gasteiger partial charge in [0.15, 0.2) is 6.20 Å². The van der Waals surface area contributed by atoms with E-state index in [-0.39, 0.29) is 3.57 Å². The first-order valence-electron chi connectivity index (χ1n) is 3.50. The fourth-order valence-electron chi connectivity index (χ4n) is 0.897. The molecule has 5 nitrogen and oxygen atoms in total. The molecule has 1 heterocycles. The number of nitro groups is 1.